The molecule has 23 heavy (non-hydrogen) atoms. The van der Waals surface area contributed by atoms with Gasteiger partial charge in [0.05, 0.1) is 0 Å². The third kappa shape index (κ3) is 3.67. The van der Waals surface area contributed by atoms with Gasteiger partial charge in [0, 0.05) is 17.9 Å². The second-order valence-electron chi connectivity index (χ2n) is 6.10. The van der Waals surface area contributed by atoms with Crippen LogP contribution in [0.15, 0.2) is 48.5 Å². The first-order chi connectivity index (χ1) is 11.1. The van der Waals surface area contributed by atoms with Crippen LogP contribution in [-0.4, -0.2) is 11.6 Å². The predicted octanol–water partition coefficient (Wildman–Crippen LogP) is 3.99. The number of Topliss-reactive ketones (excluding diaryl/α,β-unsaturated/α-hetero) is 2. The molecule has 1 aliphatic rings. The normalized spacial score (nSPS) is 16.7. The summed E-state index contributed by atoms with van der Waals surface area (Å²) in [5.41, 5.74) is 2.89. The molecule has 0 heterocycles. The van der Waals surface area contributed by atoms with E-state index in [-0.39, 0.29) is 17.5 Å². The number of hydrogen-bond acceptors (Lipinski definition) is 3. The number of benzene rings is 2. The molecule has 0 aromatic heterocycles. The van der Waals surface area contributed by atoms with E-state index in [9.17, 15) is 9.59 Å². The van der Waals surface area contributed by atoms with Gasteiger partial charge in [-0.15, -0.1) is 0 Å². The molecule has 0 saturated carbocycles. The lowest BCUT2D eigenvalue weighted by Crippen LogP contribution is -2.24. The zero-order valence-corrected chi connectivity index (χ0v) is 13.2. The van der Waals surface area contributed by atoms with Crippen LogP contribution in [0.3, 0.4) is 0 Å². The summed E-state index contributed by atoms with van der Waals surface area (Å²) in [7, 11) is 0. The van der Waals surface area contributed by atoms with Crippen molar-refractivity contribution in [2.45, 2.75) is 32.8 Å². The maximum Gasteiger partial charge on any atom is 0.166 e. The fraction of sp³-hybridized carbons (Fsp3) is 0.300. The second kappa shape index (κ2) is 6.78. The highest BCUT2D eigenvalue weighted by Crippen LogP contribution is 2.30. The molecule has 0 bridgehead atoms. The molecule has 0 aliphatic heterocycles. The minimum absolute atomic E-state index is 0.0783. The van der Waals surface area contributed by atoms with Crippen molar-refractivity contribution < 1.29 is 14.3 Å². The molecule has 3 heteroatoms. The second-order valence-corrected chi connectivity index (χ2v) is 6.10. The van der Waals surface area contributed by atoms with Crippen molar-refractivity contribution >= 4 is 11.6 Å². The smallest absolute Gasteiger partial charge is 0.166 e. The fourth-order valence-corrected chi connectivity index (χ4v) is 3.07. The molecule has 0 saturated heterocycles. The number of rotatable bonds is 5. The standard InChI is InChI=1S/C20H20O3/c1-14(21)11-17-8-7-16-12-18(9-10-19(16)20(17)22)23-13-15-5-3-2-4-6-15/h2-6,9-10,12,17H,7-8,11,13H2,1H3. The van der Waals surface area contributed by atoms with Crippen LogP contribution in [0.1, 0.15) is 41.3 Å². The average Bonchev–Trinajstić information content (AvgIpc) is 2.56. The maximum atomic E-state index is 12.4. The van der Waals surface area contributed by atoms with Crippen molar-refractivity contribution in [2.75, 3.05) is 0 Å². The van der Waals surface area contributed by atoms with Gasteiger partial charge >= 0.3 is 0 Å². The summed E-state index contributed by atoms with van der Waals surface area (Å²) in [6.45, 7) is 2.06. The zero-order chi connectivity index (χ0) is 16.2. The third-order valence-corrected chi connectivity index (χ3v) is 4.26. The predicted molar refractivity (Wildman–Crippen MR) is 88.7 cm³/mol. The van der Waals surface area contributed by atoms with Crippen molar-refractivity contribution in [3.63, 3.8) is 0 Å². The van der Waals surface area contributed by atoms with E-state index in [1.165, 1.54) is 0 Å². The molecule has 0 spiro atoms. The first-order valence-electron chi connectivity index (χ1n) is 7.97. The number of carbonyl (C=O) groups excluding carboxylic acids is 2. The summed E-state index contributed by atoms with van der Waals surface area (Å²) in [4.78, 5) is 23.7. The molecular weight excluding hydrogens is 288 g/mol. The van der Waals surface area contributed by atoms with Crippen molar-refractivity contribution in [2.24, 2.45) is 5.92 Å². The van der Waals surface area contributed by atoms with Gasteiger partial charge in [-0.2, -0.15) is 0 Å². The Labute approximate surface area is 136 Å². The fourth-order valence-electron chi connectivity index (χ4n) is 3.07. The summed E-state index contributed by atoms with van der Waals surface area (Å²) in [6.07, 6.45) is 1.92. The molecule has 118 valence electrons. The van der Waals surface area contributed by atoms with Crippen LogP contribution in [-0.2, 0) is 17.8 Å². The van der Waals surface area contributed by atoms with Gasteiger partial charge in [-0.3, -0.25) is 4.79 Å². The molecule has 1 unspecified atom stereocenters. The molecule has 1 atom stereocenters. The number of aryl methyl sites for hydroxylation is 1. The number of hydrogen-bond donors (Lipinski definition) is 0. The van der Waals surface area contributed by atoms with Crippen molar-refractivity contribution in [3.05, 3.63) is 65.2 Å². The van der Waals surface area contributed by atoms with Gasteiger partial charge in [0.2, 0.25) is 0 Å². The van der Waals surface area contributed by atoms with Gasteiger partial charge < -0.3 is 9.53 Å². The van der Waals surface area contributed by atoms with E-state index < -0.39 is 0 Å². The quantitative estimate of drug-likeness (QED) is 0.839. The summed E-state index contributed by atoms with van der Waals surface area (Å²) < 4.78 is 5.82. The average molecular weight is 308 g/mol. The minimum Gasteiger partial charge on any atom is -0.489 e. The van der Waals surface area contributed by atoms with Crippen LogP contribution < -0.4 is 4.74 Å². The Morgan fingerprint density at radius 2 is 1.96 bits per heavy atom. The summed E-state index contributed by atoms with van der Waals surface area (Å²) >= 11 is 0. The Morgan fingerprint density at radius 3 is 2.70 bits per heavy atom. The molecule has 0 radical (unpaired) electrons. The van der Waals surface area contributed by atoms with Gasteiger partial charge in [-0.05, 0) is 49.1 Å². The largest absolute Gasteiger partial charge is 0.489 e. The molecule has 2 aromatic carbocycles. The van der Waals surface area contributed by atoms with Crippen molar-refractivity contribution in [1.82, 2.24) is 0 Å². The van der Waals surface area contributed by atoms with Gasteiger partial charge in [0.25, 0.3) is 0 Å². The Morgan fingerprint density at radius 1 is 1.17 bits per heavy atom. The lowest BCUT2D eigenvalue weighted by atomic mass is 9.80. The van der Waals surface area contributed by atoms with Gasteiger partial charge in [-0.1, -0.05) is 30.3 Å². The zero-order valence-electron chi connectivity index (χ0n) is 13.2. The van der Waals surface area contributed by atoms with Crippen LogP contribution >= 0.6 is 0 Å². The highest BCUT2D eigenvalue weighted by atomic mass is 16.5. The highest BCUT2D eigenvalue weighted by Gasteiger charge is 2.28. The number of ether oxygens (including phenoxy) is 1. The molecule has 3 nitrogen and oxygen atoms in total. The molecule has 0 N–H and O–H groups in total. The Hall–Kier alpha value is -2.42. The lowest BCUT2D eigenvalue weighted by molar-refractivity contribution is -0.117. The van der Waals surface area contributed by atoms with Gasteiger partial charge in [0.1, 0.15) is 18.1 Å². The van der Waals surface area contributed by atoms with E-state index in [2.05, 4.69) is 0 Å². The van der Waals surface area contributed by atoms with Gasteiger partial charge in [-0.25, -0.2) is 0 Å². The Bertz CT molecular complexity index is 719. The van der Waals surface area contributed by atoms with Crippen molar-refractivity contribution in [1.29, 1.82) is 0 Å². The van der Waals surface area contributed by atoms with Crippen LogP contribution in [0.2, 0.25) is 0 Å². The topological polar surface area (TPSA) is 43.4 Å². The lowest BCUT2D eigenvalue weighted by Gasteiger charge is -2.23. The molecular formula is C20H20O3. The number of fused-ring (bicyclic) bond motifs is 1. The summed E-state index contributed by atoms with van der Waals surface area (Å²) in [6, 6.07) is 15.6. The monoisotopic (exact) mass is 308 g/mol. The van der Waals surface area contributed by atoms with Crippen molar-refractivity contribution in [3.8, 4) is 5.75 Å². The van der Waals surface area contributed by atoms with Crippen LogP contribution in [0.5, 0.6) is 5.75 Å². The minimum atomic E-state index is -0.156. The van der Waals surface area contributed by atoms with E-state index in [1.807, 2.05) is 48.5 Å². The Balaban J connectivity index is 1.71. The molecule has 2 aromatic rings. The van der Waals surface area contributed by atoms with E-state index in [4.69, 9.17) is 4.74 Å². The van der Waals surface area contributed by atoms with Gasteiger partial charge in [0.15, 0.2) is 5.78 Å². The van der Waals surface area contributed by atoms with E-state index in [1.54, 1.807) is 6.92 Å². The number of carbonyl (C=O) groups is 2. The number of ketones is 2. The maximum absolute atomic E-state index is 12.4. The van der Waals surface area contributed by atoms with E-state index >= 15 is 0 Å². The molecule has 0 amide bonds. The van der Waals surface area contributed by atoms with Crippen LogP contribution in [0.25, 0.3) is 0 Å². The first-order valence-corrected chi connectivity index (χ1v) is 7.97. The first kappa shape index (κ1) is 15.5. The van der Waals surface area contributed by atoms with Crippen LogP contribution in [0, 0.1) is 5.92 Å². The molecule has 0 fully saturated rings. The summed E-state index contributed by atoms with van der Waals surface area (Å²) in [5, 5.41) is 0. The van der Waals surface area contributed by atoms with E-state index in [0.29, 0.717) is 13.0 Å². The highest BCUT2D eigenvalue weighted by molar-refractivity contribution is 6.02. The summed E-state index contributed by atoms with van der Waals surface area (Å²) in [5.74, 6) is 0.798. The molecule has 1 aliphatic carbocycles. The third-order valence-electron chi connectivity index (χ3n) is 4.26. The Kier molecular flexibility index (Phi) is 4.56. The molecule has 3 rings (SSSR count). The van der Waals surface area contributed by atoms with E-state index in [0.717, 1.165) is 35.3 Å². The SMILES string of the molecule is CC(=O)CC1CCc2cc(OCc3ccccc3)ccc2C1=O. The van der Waals surface area contributed by atoms with Crippen LogP contribution in [0.4, 0.5) is 0 Å².